The Morgan fingerprint density at radius 3 is 1.80 bits per heavy atom. The summed E-state index contributed by atoms with van der Waals surface area (Å²) in [6.45, 7) is 0. The molecule has 0 spiro atoms. The largest absolute Gasteiger partial charge is 0.497 e. The molecular formula is C19H17IO4S+. The second kappa shape index (κ2) is 7.99. The maximum Gasteiger partial charge on any atom is 0.336 e. The number of halogens is 1. The van der Waals surface area contributed by atoms with Crippen LogP contribution < -0.4 is 25.0 Å². The van der Waals surface area contributed by atoms with Gasteiger partial charge in [-0.05, 0) is 51.0 Å². The van der Waals surface area contributed by atoms with E-state index in [9.17, 15) is 8.42 Å². The van der Waals surface area contributed by atoms with Crippen LogP contribution in [0.4, 0.5) is 0 Å². The second-order valence-corrected chi connectivity index (χ2v) is 11.5. The molecule has 3 rings (SSSR count). The van der Waals surface area contributed by atoms with Gasteiger partial charge in [0.15, 0.2) is 7.14 Å². The molecule has 0 heterocycles. The lowest BCUT2D eigenvalue weighted by molar-refractivity contribution is -1.03. The highest BCUT2D eigenvalue weighted by molar-refractivity contribution is 7.86. The Balaban J connectivity index is 2.00. The van der Waals surface area contributed by atoms with Gasteiger partial charge < -0.3 is 4.74 Å². The summed E-state index contributed by atoms with van der Waals surface area (Å²) in [6, 6.07) is 25.1. The highest BCUT2D eigenvalue weighted by atomic mass is 127. The molecule has 129 valence electrons. The number of rotatable bonds is 6. The molecule has 0 amide bonds. The minimum absolute atomic E-state index is 0.168. The molecule has 0 aromatic heterocycles. The van der Waals surface area contributed by atoms with Gasteiger partial charge >= 0.3 is 30.4 Å². The van der Waals surface area contributed by atoms with Crippen LogP contribution in [0.2, 0.25) is 0 Å². The van der Waals surface area contributed by atoms with Crippen LogP contribution in [-0.2, 0) is 12.6 Å². The van der Waals surface area contributed by atoms with E-state index in [2.05, 4.69) is 0 Å². The first-order valence-corrected chi connectivity index (χ1v) is 11.9. The molecule has 6 heteroatoms. The number of methoxy groups -OCH3 is 1. The summed E-state index contributed by atoms with van der Waals surface area (Å²) in [5.41, 5.74) is 0. The zero-order valence-corrected chi connectivity index (χ0v) is 16.5. The summed E-state index contributed by atoms with van der Waals surface area (Å²) in [7, 11) is -2.24. The fourth-order valence-corrected chi connectivity index (χ4v) is 9.08. The van der Waals surface area contributed by atoms with Crippen molar-refractivity contribution in [3.05, 3.63) is 92.1 Å². The van der Waals surface area contributed by atoms with Gasteiger partial charge in [-0.15, -0.1) is 0 Å². The normalized spacial score (nSPS) is 11.4. The molecule has 3 aromatic rings. The number of hydrogen-bond acceptors (Lipinski definition) is 4. The Morgan fingerprint density at radius 2 is 1.24 bits per heavy atom. The SMILES string of the molecule is COc1ccc([I+](OS(=O)(=O)c2ccccc2)c2ccccc2)cc1. The van der Waals surface area contributed by atoms with Crippen LogP contribution in [-0.4, -0.2) is 15.5 Å². The van der Waals surface area contributed by atoms with Crippen molar-refractivity contribution in [2.75, 3.05) is 7.11 Å². The first-order chi connectivity index (χ1) is 12.1. The van der Waals surface area contributed by atoms with Gasteiger partial charge in [0, 0.05) is 0 Å². The van der Waals surface area contributed by atoms with Crippen molar-refractivity contribution in [1.82, 2.24) is 0 Å². The lowest BCUT2D eigenvalue weighted by Gasteiger charge is -2.06. The van der Waals surface area contributed by atoms with Crippen molar-refractivity contribution < 1.29 is 35.9 Å². The van der Waals surface area contributed by atoms with Crippen LogP contribution in [0.1, 0.15) is 0 Å². The third-order valence-corrected chi connectivity index (χ3v) is 10.7. The third-order valence-electron chi connectivity index (χ3n) is 3.36. The number of ether oxygens (including phenoxy) is 1. The first kappa shape index (κ1) is 17.9. The molecule has 0 saturated heterocycles. The lowest BCUT2D eigenvalue weighted by atomic mass is 10.3. The van der Waals surface area contributed by atoms with E-state index in [1.807, 2.05) is 54.6 Å². The number of benzene rings is 3. The molecule has 0 aliphatic rings. The first-order valence-electron chi connectivity index (χ1n) is 7.49. The van der Waals surface area contributed by atoms with Crippen molar-refractivity contribution in [3.8, 4) is 5.75 Å². The molecule has 0 fully saturated rings. The summed E-state index contributed by atoms with van der Waals surface area (Å²) in [5, 5.41) is 0. The van der Waals surface area contributed by atoms with Gasteiger partial charge in [0.05, 0.1) is 12.0 Å². The van der Waals surface area contributed by atoms with Gasteiger partial charge in [-0.1, -0.05) is 36.4 Å². The second-order valence-electron chi connectivity index (χ2n) is 5.03. The molecule has 0 saturated carbocycles. The molecule has 0 bridgehead atoms. The van der Waals surface area contributed by atoms with E-state index in [-0.39, 0.29) is 4.90 Å². The van der Waals surface area contributed by atoms with Crippen molar-refractivity contribution in [2.45, 2.75) is 4.90 Å². The van der Waals surface area contributed by atoms with Crippen LogP contribution in [0.3, 0.4) is 0 Å². The van der Waals surface area contributed by atoms with Gasteiger partial charge in [-0.3, -0.25) is 0 Å². The molecule has 0 unspecified atom stereocenters. The smallest absolute Gasteiger partial charge is 0.336 e. The van der Waals surface area contributed by atoms with Gasteiger partial charge in [-0.2, -0.15) is 8.42 Å². The monoisotopic (exact) mass is 468 g/mol. The average molecular weight is 468 g/mol. The zero-order chi connectivity index (χ0) is 17.7. The van der Waals surface area contributed by atoms with Crippen LogP contribution in [0.5, 0.6) is 5.75 Å². The molecule has 0 atom stereocenters. The third kappa shape index (κ3) is 4.39. The highest BCUT2D eigenvalue weighted by Gasteiger charge is 2.37. The highest BCUT2D eigenvalue weighted by Crippen LogP contribution is 2.09. The molecule has 0 aliphatic heterocycles. The molecule has 0 aliphatic carbocycles. The van der Waals surface area contributed by atoms with Gasteiger partial charge in [0.1, 0.15) is 5.75 Å². The molecular weight excluding hydrogens is 451 g/mol. The zero-order valence-electron chi connectivity index (χ0n) is 13.5. The number of hydrogen-bond donors (Lipinski definition) is 0. The van der Waals surface area contributed by atoms with E-state index in [4.69, 9.17) is 7.25 Å². The van der Waals surface area contributed by atoms with E-state index >= 15 is 0 Å². The summed E-state index contributed by atoms with van der Waals surface area (Å²) in [4.78, 5) is 0.168. The molecule has 0 N–H and O–H groups in total. The van der Waals surface area contributed by atoms with E-state index in [1.54, 1.807) is 37.4 Å². The van der Waals surface area contributed by atoms with Crippen molar-refractivity contribution >= 4 is 10.1 Å². The summed E-state index contributed by atoms with van der Waals surface area (Å²) < 4.78 is 38.1. The van der Waals surface area contributed by atoms with Crippen molar-refractivity contribution in [2.24, 2.45) is 0 Å². The standard InChI is InChI=1S/C19H17IO4S/c1-23-18-14-12-17(13-15-18)20(16-8-4-2-5-9-16)24-25(21,22)19-10-6-3-7-11-19/h2-15H,1H3/q+1. The summed E-state index contributed by atoms with van der Waals surface area (Å²) in [6.07, 6.45) is 0. The van der Waals surface area contributed by atoms with Crippen LogP contribution in [0.25, 0.3) is 0 Å². The summed E-state index contributed by atoms with van der Waals surface area (Å²) in [5.74, 6) is 0.721. The lowest BCUT2D eigenvalue weighted by Crippen LogP contribution is -3.85. The van der Waals surface area contributed by atoms with Crippen LogP contribution >= 0.6 is 0 Å². The Bertz CT molecular complexity index is 911. The van der Waals surface area contributed by atoms with Gasteiger partial charge in [0.2, 0.25) is 0 Å². The van der Waals surface area contributed by atoms with Gasteiger partial charge in [-0.25, -0.2) is 0 Å². The Hall–Kier alpha value is -1.90. The Kier molecular flexibility index (Phi) is 5.72. The van der Waals surface area contributed by atoms with Gasteiger partial charge in [0.25, 0.3) is 0 Å². The topological polar surface area (TPSA) is 52.6 Å². The fourth-order valence-electron chi connectivity index (χ4n) is 2.12. The molecule has 4 nitrogen and oxygen atoms in total. The molecule has 3 aromatic carbocycles. The predicted octanol–water partition coefficient (Wildman–Crippen LogP) is 0.680. The van der Waals surface area contributed by atoms with Crippen LogP contribution in [0, 0.1) is 7.14 Å². The van der Waals surface area contributed by atoms with E-state index in [0.717, 1.165) is 12.9 Å². The van der Waals surface area contributed by atoms with E-state index in [1.165, 1.54) is 0 Å². The van der Waals surface area contributed by atoms with Crippen LogP contribution in [0.15, 0.2) is 89.8 Å². The predicted molar refractivity (Wildman–Crippen MR) is 91.5 cm³/mol. The molecule has 1 radical (unpaired) electrons. The van der Waals surface area contributed by atoms with E-state index < -0.39 is 30.4 Å². The van der Waals surface area contributed by atoms with E-state index in [0.29, 0.717) is 0 Å². The maximum atomic E-state index is 12.7. The summed E-state index contributed by atoms with van der Waals surface area (Å²) >= 11 is -2.64. The fraction of sp³-hybridized carbons (Fsp3) is 0.0526. The minimum atomic E-state index is -3.83. The molecule has 25 heavy (non-hydrogen) atoms. The quantitative estimate of drug-likeness (QED) is 0.500. The Morgan fingerprint density at radius 1 is 0.720 bits per heavy atom. The van der Waals surface area contributed by atoms with Crippen molar-refractivity contribution in [1.29, 1.82) is 0 Å². The Labute approximate surface area is 155 Å². The van der Waals surface area contributed by atoms with Crippen molar-refractivity contribution in [3.63, 3.8) is 0 Å². The average Bonchev–Trinajstić information content (AvgIpc) is 2.68. The maximum absolute atomic E-state index is 12.7. The minimum Gasteiger partial charge on any atom is -0.497 e.